The Balaban J connectivity index is 1.71. The van der Waals surface area contributed by atoms with Gasteiger partial charge in [0.25, 0.3) is 5.91 Å². The van der Waals surface area contributed by atoms with Crippen molar-refractivity contribution in [2.45, 2.75) is 31.2 Å². The van der Waals surface area contributed by atoms with Crippen LogP contribution >= 0.6 is 23.1 Å². The van der Waals surface area contributed by atoms with Crippen LogP contribution in [0.1, 0.15) is 46.3 Å². The van der Waals surface area contributed by atoms with Gasteiger partial charge in [0.2, 0.25) is 0 Å². The number of likely N-dealkylation sites (N-methyl/N-ethyl adjacent to an activating group) is 1. The summed E-state index contributed by atoms with van der Waals surface area (Å²) in [5.74, 6) is -0.0476. The number of carbonyl (C=O) groups is 1. The summed E-state index contributed by atoms with van der Waals surface area (Å²) < 4.78 is 0. The molecule has 0 spiro atoms. The normalized spacial score (nSPS) is 16.0. The number of carbonyl (C=O) groups excluding carboxylic acids is 1. The van der Waals surface area contributed by atoms with E-state index in [-0.39, 0.29) is 11.9 Å². The van der Waals surface area contributed by atoms with Crippen molar-refractivity contribution < 1.29 is 4.79 Å². The van der Waals surface area contributed by atoms with Gasteiger partial charge >= 0.3 is 0 Å². The fourth-order valence-electron chi connectivity index (χ4n) is 4.41. The van der Waals surface area contributed by atoms with Gasteiger partial charge in [0, 0.05) is 47.1 Å². The molecule has 1 amide bonds. The highest BCUT2D eigenvalue weighted by Crippen LogP contribution is 2.40. The molecular weight excluding hydrogens is 446 g/mol. The number of aryl methyl sites for hydroxylation is 1. The predicted octanol–water partition coefficient (Wildman–Crippen LogP) is 6.01. The Kier molecular flexibility index (Phi) is 8.25. The van der Waals surface area contributed by atoms with Gasteiger partial charge < -0.3 is 10.2 Å². The van der Waals surface area contributed by atoms with Crippen LogP contribution < -0.4 is 5.32 Å². The van der Waals surface area contributed by atoms with E-state index in [0.717, 1.165) is 44.1 Å². The number of nitrogens with zero attached hydrogens (tertiary/aromatic N) is 2. The number of thiophene rings is 1. The minimum absolute atomic E-state index is 0.0476. The number of hydrogen-bond donors (Lipinski definition) is 1. The summed E-state index contributed by atoms with van der Waals surface area (Å²) in [5, 5.41) is 4.22. The highest BCUT2D eigenvalue weighted by Gasteiger charge is 2.29. The number of thioether (sulfide) groups is 1. The largest absolute Gasteiger partial charge is 0.313 e. The van der Waals surface area contributed by atoms with Crippen LogP contribution in [0.4, 0.5) is 5.00 Å². The number of hydrogen-bond acceptors (Lipinski definition) is 5. The SMILES string of the molecule is CCc1cc(C(c2ccc(SC)cc2)N2CCN(CC)CC2)c(NC(=O)c2ccccc2)s1. The van der Waals surface area contributed by atoms with Gasteiger partial charge in [0.15, 0.2) is 0 Å². The van der Waals surface area contributed by atoms with E-state index in [2.05, 4.69) is 65.6 Å². The van der Waals surface area contributed by atoms with Gasteiger partial charge in [-0.1, -0.05) is 44.2 Å². The molecule has 1 unspecified atom stereocenters. The molecule has 1 N–H and O–H groups in total. The summed E-state index contributed by atoms with van der Waals surface area (Å²) in [6, 6.07) is 20.9. The fraction of sp³-hybridized carbons (Fsp3) is 0.370. The molecule has 1 aliphatic heterocycles. The topological polar surface area (TPSA) is 35.6 Å². The lowest BCUT2D eigenvalue weighted by molar-refractivity contribution is 0.102. The van der Waals surface area contributed by atoms with Gasteiger partial charge in [0.1, 0.15) is 5.00 Å². The molecule has 174 valence electrons. The van der Waals surface area contributed by atoms with Crippen LogP contribution in [-0.2, 0) is 6.42 Å². The minimum atomic E-state index is -0.0476. The Labute approximate surface area is 206 Å². The van der Waals surface area contributed by atoms with E-state index in [1.54, 1.807) is 23.1 Å². The van der Waals surface area contributed by atoms with Gasteiger partial charge in [-0.15, -0.1) is 23.1 Å². The van der Waals surface area contributed by atoms with E-state index in [1.807, 2.05) is 30.3 Å². The van der Waals surface area contributed by atoms with Crippen molar-refractivity contribution >= 4 is 34.0 Å². The van der Waals surface area contributed by atoms with Crippen molar-refractivity contribution in [1.82, 2.24) is 9.80 Å². The highest BCUT2D eigenvalue weighted by molar-refractivity contribution is 7.98. The zero-order chi connectivity index (χ0) is 23.2. The third-order valence-corrected chi connectivity index (χ3v) is 8.32. The van der Waals surface area contributed by atoms with Gasteiger partial charge in [0.05, 0.1) is 6.04 Å². The van der Waals surface area contributed by atoms with Crippen LogP contribution in [0.3, 0.4) is 0 Å². The van der Waals surface area contributed by atoms with Crippen LogP contribution in [0, 0.1) is 0 Å². The van der Waals surface area contributed by atoms with Crippen LogP contribution in [0.5, 0.6) is 0 Å². The zero-order valence-corrected chi connectivity index (χ0v) is 21.3. The Bertz CT molecular complexity index is 1040. The van der Waals surface area contributed by atoms with Crippen molar-refractivity contribution in [3.63, 3.8) is 0 Å². The summed E-state index contributed by atoms with van der Waals surface area (Å²) in [5.41, 5.74) is 3.18. The van der Waals surface area contributed by atoms with Gasteiger partial charge in [-0.05, 0) is 55.1 Å². The van der Waals surface area contributed by atoms with Crippen LogP contribution in [0.25, 0.3) is 0 Å². The summed E-state index contributed by atoms with van der Waals surface area (Å²) in [6.45, 7) is 9.70. The first-order valence-electron chi connectivity index (χ1n) is 11.7. The van der Waals surface area contributed by atoms with Crippen molar-refractivity contribution in [2.24, 2.45) is 0 Å². The molecule has 1 atom stereocenters. The average molecular weight is 480 g/mol. The lowest BCUT2D eigenvalue weighted by Gasteiger charge is -2.39. The number of rotatable bonds is 8. The van der Waals surface area contributed by atoms with E-state index < -0.39 is 0 Å². The molecule has 0 aliphatic carbocycles. The second-order valence-corrected chi connectivity index (χ2v) is 10.3. The maximum Gasteiger partial charge on any atom is 0.256 e. The van der Waals surface area contributed by atoms with E-state index in [1.165, 1.54) is 20.9 Å². The second kappa shape index (κ2) is 11.3. The Hall–Kier alpha value is -2.12. The monoisotopic (exact) mass is 479 g/mol. The molecule has 4 nitrogen and oxygen atoms in total. The molecule has 1 fully saturated rings. The molecule has 1 aromatic heterocycles. The zero-order valence-electron chi connectivity index (χ0n) is 19.7. The number of amides is 1. The molecule has 0 saturated carbocycles. The average Bonchev–Trinajstić information content (AvgIpc) is 3.27. The van der Waals surface area contributed by atoms with Crippen LogP contribution in [0.2, 0.25) is 0 Å². The molecule has 0 bridgehead atoms. The Morgan fingerprint density at radius 2 is 1.73 bits per heavy atom. The molecule has 0 radical (unpaired) electrons. The highest BCUT2D eigenvalue weighted by atomic mass is 32.2. The fourth-order valence-corrected chi connectivity index (χ4v) is 5.84. The first-order valence-corrected chi connectivity index (χ1v) is 13.8. The number of nitrogens with one attached hydrogen (secondary N) is 1. The maximum absolute atomic E-state index is 13.0. The van der Waals surface area contributed by atoms with E-state index in [9.17, 15) is 4.79 Å². The molecule has 6 heteroatoms. The first-order chi connectivity index (χ1) is 16.1. The van der Waals surface area contributed by atoms with Gasteiger partial charge in [-0.2, -0.15) is 0 Å². The molecule has 33 heavy (non-hydrogen) atoms. The number of anilines is 1. The minimum Gasteiger partial charge on any atom is -0.313 e. The summed E-state index contributed by atoms with van der Waals surface area (Å²) >= 11 is 3.47. The molecule has 2 aromatic carbocycles. The summed E-state index contributed by atoms with van der Waals surface area (Å²) in [6.07, 6.45) is 3.07. The molecular formula is C27H33N3OS2. The van der Waals surface area contributed by atoms with Crippen molar-refractivity contribution in [2.75, 3.05) is 44.3 Å². The predicted molar refractivity (Wildman–Crippen MR) is 142 cm³/mol. The van der Waals surface area contributed by atoms with Crippen molar-refractivity contribution in [1.29, 1.82) is 0 Å². The first kappa shape index (κ1) is 24.0. The standard InChI is InChI=1S/C27H33N3OS2/c1-4-22-19-24(27(33-22)28-26(31)21-9-7-6-8-10-21)25(20-11-13-23(32-3)14-12-20)30-17-15-29(5-2)16-18-30/h6-14,19,25H,4-5,15-18H2,1-3H3,(H,28,31). The lowest BCUT2D eigenvalue weighted by atomic mass is 9.97. The second-order valence-electron chi connectivity index (χ2n) is 8.32. The van der Waals surface area contributed by atoms with E-state index in [0.29, 0.717) is 5.56 Å². The van der Waals surface area contributed by atoms with Crippen molar-refractivity contribution in [3.8, 4) is 0 Å². The third kappa shape index (κ3) is 5.69. The van der Waals surface area contributed by atoms with Crippen LogP contribution in [-0.4, -0.2) is 54.7 Å². The van der Waals surface area contributed by atoms with E-state index >= 15 is 0 Å². The smallest absolute Gasteiger partial charge is 0.256 e. The third-order valence-electron chi connectivity index (χ3n) is 6.37. The summed E-state index contributed by atoms with van der Waals surface area (Å²) in [7, 11) is 0. The Morgan fingerprint density at radius 3 is 2.33 bits per heavy atom. The van der Waals surface area contributed by atoms with E-state index in [4.69, 9.17) is 0 Å². The molecule has 3 aromatic rings. The number of piperazine rings is 1. The van der Waals surface area contributed by atoms with Crippen molar-refractivity contribution in [3.05, 3.63) is 82.2 Å². The quantitative estimate of drug-likeness (QED) is 0.401. The lowest BCUT2D eigenvalue weighted by Crippen LogP contribution is -2.47. The summed E-state index contributed by atoms with van der Waals surface area (Å²) in [4.78, 5) is 20.7. The molecule has 2 heterocycles. The molecule has 4 rings (SSSR count). The number of benzene rings is 2. The molecule has 1 aliphatic rings. The Morgan fingerprint density at radius 1 is 1.03 bits per heavy atom. The van der Waals surface area contributed by atoms with Gasteiger partial charge in [-0.25, -0.2) is 0 Å². The van der Waals surface area contributed by atoms with Crippen LogP contribution in [0.15, 0.2) is 65.6 Å². The molecule has 1 saturated heterocycles. The maximum atomic E-state index is 13.0. The van der Waals surface area contributed by atoms with Gasteiger partial charge in [-0.3, -0.25) is 9.69 Å².